The summed E-state index contributed by atoms with van der Waals surface area (Å²) in [6.07, 6.45) is 1.26. The summed E-state index contributed by atoms with van der Waals surface area (Å²) in [5.74, 6) is 0.975. The molecule has 0 aliphatic heterocycles. The molecular formula is C13H15N3O2. The van der Waals surface area contributed by atoms with Crippen molar-refractivity contribution in [2.75, 3.05) is 5.32 Å². The second-order valence-corrected chi connectivity index (χ2v) is 4.10. The molecular weight excluding hydrogens is 230 g/mol. The van der Waals surface area contributed by atoms with Gasteiger partial charge in [-0.3, -0.25) is 10.00 Å². The number of hydrogen-bond acceptors (Lipinski definition) is 3. The van der Waals surface area contributed by atoms with Crippen molar-refractivity contribution in [3.8, 4) is 5.75 Å². The molecule has 2 aromatic rings. The van der Waals surface area contributed by atoms with Crippen LogP contribution >= 0.6 is 0 Å². The number of amides is 1. The minimum absolute atomic E-state index is 0.255. The topological polar surface area (TPSA) is 56.2 Å². The van der Waals surface area contributed by atoms with Gasteiger partial charge in [0.25, 0.3) is 0 Å². The standard InChI is InChI=1S/C13H15N3O2/c1-10(2)16-9-8-12(15-16)14-13(17)18-11-6-4-3-5-7-11/h3-10H,1-2H3,(H,14,15,17). The van der Waals surface area contributed by atoms with Crippen molar-refractivity contribution in [1.82, 2.24) is 9.78 Å². The summed E-state index contributed by atoms with van der Waals surface area (Å²) in [4.78, 5) is 11.6. The van der Waals surface area contributed by atoms with E-state index in [-0.39, 0.29) is 6.04 Å². The second kappa shape index (κ2) is 5.35. The first-order chi connectivity index (χ1) is 8.65. The van der Waals surface area contributed by atoms with Crippen LogP contribution < -0.4 is 10.1 Å². The van der Waals surface area contributed by atoms with Crippen molar-refractivity contribution >= 4 is 11.9 Å². The largest absolute Gasteiger partial charge is 0.418 e. The Morgan fingerprint density at radius 1 is 1.28 bits per heavy atom. The molecule has 0 atom stereocenters. The first-order valence-corrected chi connectivity index (χ1v) is 5.74. The van der Waals surface area contributed by atoms with E-state index in [1.165, 1.54) is 0 Å². The lowest BCUT2D eigenvalue weighted by molar-refractivity contribution is 0.215. The Morgan fingerprint density at radius 3 is 2.61 bits per heavy atom. The molecule has 0 saturated heterocycles. The van der Waals surface area contributed by atoms with Gasteiger partial charge in [0.15, 0.2) is 5.82 Å². The maximum atomic E-state index is 11.6. The number of carbonyl (C=O) groups is 1. The lowest BCUT2D eigenvalue weighted by Crippen LogP contribution is -2.17. The fraction of sp³-hybridized carbons (Fsp3) is 0.231. The van der Waals surface area contributed by atoms with Crippen LogP contribution in [0.3, 0.4) is 0 Å². The number of para-hydroxylation sites is 1. The fourth-order valence-electron chi connectivity index (χ4n) is 1.42. The molecule has 2 rings (SSSR count). The second-order valence-electron chi connectivity index (χ2n) is 4.10. The molecule has 0 aliphatic rings. The molecule has 0 unspecified atom stereocenters. The highest BCUT2D eigenvalue weighted by Gasteiger charge is 2.07. The normalized spacial score (nSPS) is 10.4. The number of benzene rings is 1. The summed E-state index contributed by atoms with van der Waals surface area (Å²) in [6.45, 7) is 4.03. The van der Waals surface area contributed by atoms with Crippen molar-refractivity contribution in [1.29, 1.82) is 0 Å². The highest BCUT2D eigenvalue weighted by atomic mass is 16.6. The fourth-order valence-corrected chi connectivity index (χ4v) is 1.42. The van der Waals surface area contributed by atoms with Gasteiger partial charge in [0, 0.05) is 18.3 Å². The van der Waals surface area contributed by atoms with Crippen LogP contribution in [-0.2, 0) is 0 Å². The van der Waals surface area contributed by atoms with E-state index in [0.29, 0.717) is 11.6 Å². The lowest BCUT2D eigenvalue weighted by atomic mass is 10.3. The van der Waals surface area contributed by atoms with Crippen LogP contribution in [0.1, 0.15) is 19.9 Å². The van der Waals surface area contributed by atoms with Crippen molar-refractivity contribution < 1.29 is 9.53 Å². The summed E-state index contributed by atoms with van der Waals surface area (Å²) in [5, 5.41) is 6.77. The molecule has 5 nitrogen and oxygen atoms in total. The molecule has 0 spiro atoms. The van der Waals surface area contributed by atoms with Crippen LogP contribution in [0.4, 0.5) is 10.6 Å². The molecule has 0 aliphatic carbocycles. The zero-order chi connectivity index (χ0) is 13.0. The van der Waals surface area contributed by atoms with Gasteiger partial charge in [0.05, 0.1) is 0 Å². The molecule has 0 bridgehead atoms. The molecule has 1 N–H and O–H groups in total. The van der Waals surface area contributed by atoms with Crippen LogP contribution in [-0.4, -0.2) is 15.9 Å². The third kappa shape index (κ3) is 3.10. The van der Waals surface area contributed by atoms with Crippen LogP contribution in [0.15, 0.2) is 42.6 Å². The van der Waals surface area contributed by atoms with Crippen LogP contribution in [0.25, 0.3) is 0 Å². The highest BCUT2D eigenvalue weighted by molar-refractivity contribution is 5.84. The smallest absolute Gasteiger partial charge is 0.410 e. The first kappa shape index (κ1) is 12.2. The molecule has 18 heavy (non-hydrogen) atoms. The number of ether oxygens (including phenoxy) is 1. The summed E-state index contributed by atoms with van der Waals surface area (Å²) in [6, 6.07) is 10.9. The summed E-state index contributed by atoms with van der Waals surface area (Å²) >= 11 is 0. The maximum Gasteiger partial charge on any atom is 0.418 e. The van der Waals surface area contributed by atoms with E-state index in [2.05, 4.69) is 10.4 Å². The summed E-state index contributed by atoms with van der Waals surface area (Å²) in [7, 11) is 0. The number of anilines is 1. The molecule has 0 saturated carbocycles. The van der Waals surface area contributed by atoms with Crippen LogP contribution in [0.5, 0.6) is 5.75 Å². The Labute approximate surface area is 105 Å². The number of aromatic nitrogens is 2. The Hall–Kier alpha value is -2.30. The minimum Gasteiger partial charge on any atom is -0.410 e. The van der Waals surface area contributed by atoms with Crippen molar-refractivity contribution in [3.05, 3.63) is 42.6 Å². The Kier molecular flexibility index (Phi) is 3.62. The monoisotopic (exact) mass is 245 g/mol. The average Bonchev–Trinajstić information content (AvgIpc) is 2.78. The maximum absolute atomic E-state index is 11.6. The highest BCUT2D eigenvalue weighted by Crippen LogP contribution is 2.11. The van der Waals surface area contributed by atoms with Crippen LogP contribution in [0, 0.1) is 0 Å². The Morgan fingerprint density at radius 2 is 2.00 bits per heavy atom. The molecule has 5 heteroatoms. The number of rotatable bonds is 3. The van der Waals surface area contributed by atoms with Gasteiger partial charge in [-0.2, -0.15) is 5.10 Å². The average molecular weight is 245 g/mol. The first-order valence-electron chi connectivity index (χ1n) is 5.74. The van der Waals surface area contributed by atoms with Gasteiger partial charge in [-0.05, 0) is 26.0 Å². The molecule has 1 heterocycles. The zero-order valence-corrected chi connectivity index (χ0v) is 10.3. The van der Waals surface area contributed by atoms with Crippen molar-refractivity contribution in [3.63, 3.8) is 0 Å². The van der Waals surface area contributed by atoms with E-state index in [1.54, 1.807) is 35.0 Å². The van der Waals surface area contributed by atoms with E-state index in [4.69, 9.17) is 4.74 Å². The molecule has 1 aromatic heterocycles. The van der Waals surface area contributed by atoms with E-state index >= 15 is 0 Å². The summed E-state index contributed by atoms with van der Waals surface area (Å²) < 4.78 is 6.85. The quantitative estimate of drug-likeness (QED) is 0.904. The van der Waals surface area contributed by atoms with Gasteiger partial charge < -0.3 is 4.74 Å². The van der Waals surface area contributed by atoms with E-state index in [0.717, 1.165) is 0 Å². The minimum atomic E-state index is -0.546. The predicted molar refractivity (Wildman–Crippen MR) is 68.7 cm³/mol. The van der Waals surface area contributed by atoms with Gasteiger partial charge in [-0.1, -0.05) is 18.2 Å². The Bertz CT molecular complexity index is 520. The lowest BCUT2D eigenvalue weighted by Gasteiger charge is -2.05. The van der Waals surface area contributed by atoms with Gasteiger partial charge in [-0.15, -0.1) is 0 Å². The van der Waals surface area contributed by atoms with Crippen molar-refractivity contribution in [2.45, 2.75) is 19.9 Å². The molecule has 0 radical (unpaired) electrons. The van der Waals surface area contributed by atoms with Gasteiger partial charge in [-0.25, -0.2) is 4.79 Å². The van der Waals surface area contributed by atoms with E-state index in [9.17, 15) is 4.79 Å². The zero-order valence-electron chi connectivity index (χ0n) is 10.3. The predicted octanol–water partition coefficient (Wildman–Crippen LogP) is 3.07. The van der Waals surface area contributed by atoms with Crippen molar-refractivity contribution in [2.24, 2.45) is 0 Å². The number of nitrogens with zero attached hydrogens (tertiary/aromatic N) is 2. The third-order valence-corrected chi connectivity index (χ3v) is 2.32. The molecule has 94 valence electrons. The van der Waals surface area contributed by atoms with E-state index in [1.807, 2.05) is 26.1 Å². The van der Waals surface area contributed by atoms with Gasteiger partial charge in [0.1, 0.15) is 5.75 Å². The molecule has 1 aromatic carbocycles. The molecule has 0 fully saturated rings. The third-order valence-electron chi connectivity index (χ3n) is 2.32. The summed E-state index contributed by atoms with van der Waals surface area (Å²) in [5.41, 5.74) is 0. The molecule has 1 amide bonds. The number of hydrogen-bond donors (Lipinski definition) is 1. The number of carbonyl (C=O) groups excluding carboxylic acids is 1. The Balaban J connectivity index is 1.95. The SMILES string of the molecule is CC(C)n1ccc(NC(=O)Oc2ccccc2)n1. The van der Waals surface area contributed by atoms with Gasteiger partial charge in [0.2, 0.25) is 0 Å². The van der Waals surface area contributed by atoms with E-state index < -0.39 is 6.09 Å². The van der Waals surface area contributed by atoms with Crippen LogP contribution in [0.2, 0.25) is 0 Å². The number of nitrogens with one attached hydrogen (secondary N) is 1. The van der Waals surface area contributed by atoms with Gasteiger partial charge >= 0.3 is 6.09 Å².